The molecule has 5 nitrogen and oxygen atoms in total. The number of aromatic nitrogens is 1. The molecule has 3 aromatic rings. The first-order chi connectivity index (χ1) is 12.6. The molecule has 0 saturated heterocycles. The minimum Gasteiger partial charge on any atom is -0.468 e. The number of nitrogens with zero attached hydrogens (tertiary/aromatic N) is 1. The van der Waals surface area contributed by atoms with Crippen molar-refractivity contribution in [2.24, 2.45) is 13.0 Å². The second kappa shape index (κ2) is 7.74. The van der Waals surface area contributed by atoms with E-state index in [1.807, 2.05) is 36.7 Å². The van der Waals surface area contributed by atoms with Crippen LogP contribution in [0.4, 0.5) is 0 Å². The summed E-state index contributed by atoms with van der Waals surface area (Å²) in [5.41, 5.74) is 2.19. The van der Waals surface area contributed by atoms with Crippen molar-refractivity contribution in [1.29, 1.82) is 0 Å². The van der Waals surface area contributed by atoms with Crippen LogP contribution in [0.5, 0.6) is 0 Å². The Kier molecular flexibility index (Phi) is 5.42. The molecule has 0 aliphatic carbocycles. The van der Waals surface area contributed by atoms with Crippen LogP contribution in [-0.2, 0) is 26.1 Å². The predicted molar refractivity (Wildman–Crippen MR) is 101 cm³/mol. The Labute approximate surface area is 156 Å². The first-order valence-electron chi connectivity index (χ1n) is 8.29. The summed E-state index contributed by atoms with van der Waals surface area (Å²) in [6, 6.07) is 12.1. The zero-order valence-electron chi connectivity index (χ0n) is 15.0. The fraction of sp³-hybridized carbons (Fsp3) is 0.300. The molecule has 3 rings (SSSR count). The smallest absolute Gasteiger partial charge is 0.320 e. The molecule has 0 spiro atoms. The van der Waals surface area contributed by atoms with Gasteiger partial charge in [-0.3, -0.25) is 9.59 Å². The largest absolute Gasteiger partial charge is 0.468 e. The van der Waals surface area contributed by atoms with Crippen LogP contribution in [0, 0.1) is 5.92 Å². The van der Waals surface area contributed by atoms with E-state index in [0.717, 1.165) is 21.3 Å². The summed E-state index contributed by atoms with van der Waals surface area (Å²) in [5, 5.41) is 3.11. The normalized spacial score (nSPS) is 12.3. The number of fused-ring (bicyclic) bond motifs is 1. The molecule has 1 aromatic carbocycles. The van der Waals surface area contributed by atoms with Crippen LogP contribution in [0.25, 0.3) is 10.9 Å². The van der Waals surface area contributed by atoms with E-state index < -0.39 is 17.9 Å². The second-order valence-corrected chi connectivity index (χ2v) is 7.09. The number of para-hydroxylation sites is 1. The maximum absolute atomic E-state index is 12.2. The van der Waals surface area contributed by atoms with E-state index in [1.165, 1.54) is 14.2 Å². The van der Waals surface area contributed by atoms with Crippen LogP contribution in [0.3, 0.4) is 0 Å². The lowest BCUT2D eigenvalue weighted by Gasteiger charge is -2.20. The lowest BCUT2D eigenvalue weighted by atomic mass is 9.87. The van der Waals surface area contributed by atoms with Crippen molar-refractivity contribution in [3.05, 3.63) is 58.4 Å². The molecule has 0 aliphatic rings. The lowest BCUT2D eigenvalue weighted by molar-refractivity contribution is -0.159. The number of rotatable bonds is 6. The number of methoxy groups -OCH3 is 2. The highest BCUT2D eigenvalue weighted by molar-refractivity contribution is 7.10. The van der Waals surface area contributed by atoms with Crippen molar-refractivity contribution in [3.63, 3.8) is 0 Å². The molecule has 0 fully saturated rings. The summed E-state index contributed by atoms with van der Waals surface area (Å²) in [6.07, 6.45) is 2.37. The molecule has 0 amide bonds. The number of hydrogen-bond acceptors (Lipinski definition) is 5. The van der Waals surface area contributed by atoms with Gasteiger partial charge in [-0.25, -0.2) is 0 Å². The fourth-order valence-electron chi connectivity index (χ4n) is 3.35. The summed E-state index contributed by atoms with van der Waals surface area (Å²) in [4.78, 5) is 25.5. The highest BCUT2D eigenvalue weighted by Crippen LogP contribution is 2.38. The molecule has 0 N–H and O–H groups in total. The summed E-state index contributed by atoms with van der Waals surface area (Å²) in [7, 11) is 4.57. The number of esters is 2. The highest BCUT2D eigenvalue weighted by atomic mass is 32.1. The van der Waals surface area contributed by atoms with E-state index in [4.69, 9.17) is 9.47 Å². The molecule has 0 aliphatic heterocycles. The lowest BCUT2D eigenvalue weighted by Crippen LogP contribution is -2.28. The molecule has 136 valence electrons. The molecular formula is C20H21NO4S. The molecule has 0 saturated carbocycles. The SMILES string of the molecule is COC(=O)C(CC(c1cccs1)c1cn(C)c2ccccc12)C(=O)OC. The molecule has 0 radical (unpaired) electrons. The van der Waals surface area contributed by atoms with E-state index >= 15 is 0 Å². The van der Waals surface area contributed by atoms with Gasteiger partial charge in [-0.2, -0.15) is 0 Å². The molecular weight excluding hydrogens is 350 g/mol. The number of thiophene rings is 1. The highest BCUT2D eigenvalue weighted by Gasteiger charge is 2.34. The summed E-state index contributed by atoms with van der Waals surface area (Å²) in [6.45, 7) is 0. The van der Waals surface area contributed by atoms with Gasteiger partial charge in [-0.05, 0) is 29.5 Å². The standard InChI is InChI=1S/C20H21NO4S/c1-21-12-16(13-7-4-5-8-17(13)21)14(18-9-6-10-26-18)11-15(19(22)24-2)20(23)25-3/h4-10,12,14-15H,11H2,1-3H3. The zero-order chi connectivity index (χ0) is 18.7. The van der Waals surface area contributed by atoms with E-state index in [2.05, 4.69) is 22.9 Å². The molecule has 2 heterocycles. The molecule has 1 unspecified atom stereocenters. The number of benzene rings is 1. The van der Waals surface area contributed by atoms with Crippen molar-refractivity contribution >= 4 is 34.2 Å². The maximum atomic E-state index is 12.2. The molecule has 1 atom stereocenters. The van der Waals surface area contributed by atoms with Crippen LogP contribution in [0.1, 0.15) is 22.8 Å². The number of aryl methyl sites for hydroxylation is 1. The average Bonchev–Trinajstić information content (AvgIpc) is 3.31. The van der Waals surface area contributed by atoms with Crippen LogP contribution < -0.4 is 0 Å². The van der Waals surface area contributed by atoms with Gasteiger partial charge in [-0.15, -0.1) is 11.3 Å². The van der Waals surface area contributed by atoms with E-state index in [-0.39, 0.29) is 5.92 Å². The van der Waals surface area contributed by atoms with Crippen molar-refractivity contribution in [3.8, 4) is 0 Å². The molecule has 6 heteroatoms. The van der Waals surface area contributed by atoms with Crippen molar-refractivity contribution < 1.29 is 19.1 Å². The number of carbonyl (C=O) groups is 2. The number of carbonyl (C=O) groups excluding carboxylic acids is 2. The van der Waals surface area contributed by atoms with Crippen molar-refractivity contribution in [2.75, 3.05) is 14.2 Å². The monoisotopic (exact) mass is 371 g/mol. The maximum Gasteiger partial charge on any atom is 0.320 e. The topological polar surface area (TPSA) is 57.5 Å². The third-order valence-electron chi connectivity index (χ3n) is 4.63. The molecule has 0 bridgehead atoms. The number of ether oxygens (including phenoxy) is 2. The average molecular weight is 371 g/mol. The van der Waals surface area contributed by atoms with Gasteiger partial charge in [0.1, 0.15) is 0 Å². The van der Waals surface area contributed by atoms with Crippen molar-refractivity contribution in [1.82, 2.24) is 4.57 Å². The third kappa shape index (κ3) is 3.37. The van der Waals surface area contributed by atoms with Crippen LogP contribution in [-0.4, -0.2) is 30.7 Å². The molecule has 26 heavy (non-hydrogen) atoms. The minimum atomic E-state index is -0.962. The first kappa shape index (κ1) is 18.2. The van der Waals surface area contributed by atoms with Gasteiger partial charge >= 0.3 is 11.9 Å². The van der Waals surface area contributed by atoms with Gasteiger partial charge in [0.2, 0.25) is 0 Å². The third-order valence-corrected chi connectivity index (χ3v) is 5.62. The van der Waals surface area contributed by atoms with Gasteiger partial charge in [0, 0.05) is 34.9 Å². The quantitative estimate of drug-likeness (QED) is 0.489. The van der Waals surface area contributed by atoms with Crippen molar-refractivity contribution in [2.45, 2.75) is 12.3 Å². The Morgan fingerprint density at radius 2 is 1.77 bits per heavy atom. The van der Waals surface area contributed by atoms with Gasteiger partial charge in [0.05, 0.1) is 14.2 Å². The Hall–Kier alpha value is -2.60. The van der Waals surface area contributed by atoms with Gasteiger partial charge in [0.25, 0.3) is 0 Å². The fourth-order valence-corrected chi connectivity index (χ4v) is 4.20. The zero-order valence-corrected chi connectivity index (χ0v) is 15.8. The summed E-state index contributed by atoms with van der Waals surface area (Å²) < 4.78 is 11.7. The van der Waals surface area contributed by atoms with Gasteiger partial charge in [-0.1, -0.05) is 24.3 Å². The predicted octanol–water partition coefficient (Wildman–Crippen LogP) is 3.72. The Balaban J connectivity index is 2.09. The van der Waals surface area contributed by atoms with E-state index in [9.17, 15) is 9.59 Å². The van der Waals surface area contributed by atoms with Gasteiger partial charge in [0.15, 0.2) is 5.92 Å². The molecule has 2 aromatic heterocycles. The van der Waals surface area contributed by atoms with Crippen LogP contribution in [0.15, 0.2) is 48.0 Å². The Morgan fingerprint density at radius 3 is 2.38 bits per heavy atom. The number of hydrogen-bond donors (Lipinski definition) is 0. The van der Waals surface area contributed by atoms with Gasteiger partial charge < -0.3 is 14.0 Å². The van der Waals surface area contributed by atoms with Crippen LogP contribution >= 0.6 is 11.3 Å². The van der Waals surface area contributed by atoms with E-state index in [1.54, 1.807) is 11.3 Å². The first-order valence-corrected chi connectivity index (χ1v) is 9.17. The van der Waals surface area contributed by atoms with Crippen LogP contribution in [0.2, 0.25) is 0 Å². The van der Waals surface area contributed by atoms with E-state index in [0.29, 0.717) is 6.42 Å². The summed E-state index contributed by atoms with van der Waals surface area (Å²) in [5.74, 6) is -2.21. The second-order valence-electron chi connectivity index (χ2n) is 6.12. The summed E-state index contributed by atoms with van der Waals surface area (Å²) >= 11 is 1.61. The Morgan fingerprint density at radius 1 is 1.08 bits per heavy atom. The Bertz CT molecular complexity index is 897. The minimum absolute atomic E-state index is 0.107.